The Kier molecular flexibility index (Phi) is 4.30. The minimum absolute atomic E-state index is 0.0206. The first-order chi connectivity index (χ1) is 9.00. The standard InChI is InChI=1S/C12H20N4O3S/c1-12(2,11(14)17)15-8-6-5-7-9(10(8)13)20(18,19)16(3)4/h5-7,15H,13H2,1-4H3,(H2,14,17). The van der Waals surface area contributed by atoms with Gasteiger partial charge in [0.25, 0.3) is 0 Å². The molecule has 1 amide bonds. The van der Waals surface area contributed by atoms with Crippen molar-refractivity contribution in [3.8, 4) is 0 Å². The van der Waals surface area contributed by atoms with E-state index < -0.39 is 21.5 Å². The Balaban J connectivity index is 3.32. The minimum Gasteiger partial charge on any atom is -0.396 e. The van der Waals surface area contributed by atoms with Crippen LogP contribution in [0.15, 0.2) is 23.1 Å². The zero-order chi connectivity index (χ0) is 15.7. The van der Waals surface area contributed by atoms with Crippen LogP contribution in [0.1, 0.15) is 13.8 Å². The summed E-state index contributed by atoms with van der Waals surface area (Å²) in [7, 11) is -0.816. The number of rotatable bonds is 5. The average Bonchev–Trinajstić information content (AvgIpc) is 2.30. The number of primary amides is 1. The molecule has 0 atom stereocenters. The number of hydrogen-bond acceptors (Lipinski definition) is 5. The van der Waals surface area contributed by atoms with Crippen molar-refractivity contribution in [1.29, 1.82) is 0 Å². The molecule has 1 aromatic carbocycles. The van der Waals surface area contributed by atoms with Crippen LogP contribution in [0.2, 0.25) is 0 Å². The molecular formula is C12H20N4O3S. The maximum Gasteiger partial charge on any atom is 0.244 e. The predicted octanol–water partition coefficient (Wildman–Crippen LogP) is 0.195. The summed E-state index contributed by atoms with van der Waals surface area (Å²) in [5.41, 5.74) is 10.5. The molecule has 112 valence electrons. The molecule has 0 fully saturated rings. The SMILES string of the molecule is CN(C)S(=O)(=O)c1cccc(NC(C)(C)C(N)=O)c1N. The van der Waals surface area contributed by atoms with Crippen molar-refractivity contribution in [3.05, 3.63) is 18.2 Å². The van der Waals surface area contributed by atoms with Gasteiger partial charge in [0.15, 0.2) is 0 Å². The fourth-order valence-electron chi connectivity index (χ4n) is 1.47. The van der Waals surface area contributed by atoms with Crippen LogP contribution in [0.4, 0.5) is 11.4 Å². The number of anilines is 2. The van der Waals surface area contributed by atoms with Gasteiger partial charge in [-0.3, -0.25) is 4.79 Å². The van der Waals surface area contributed by atoms with Crippen molar-refractivity contribution < 1.29 is 13.2 Å². The monoisotopic (exact) mass is 300 g/mol. The van der Waals surface area contributed by atoms with Crippen LogP contribution in [-0.4, -0.2) is 38.3 Å². The quantitative estimate of drug-likeness (QED) is 0.671. The summed E-state index contributed by atoms with van der Waals surface area (Å²) < 4.78 is 25.3. The van der Waals surface area contributed by atoms with E-state index >= 15 is 0 Å². The third-order valence-corrected chi connectivity index (χ3v) is 4.76. The molecular weight excluding hydrogens is 280 g/mol. The van der Waals surface area contributed by atoms with Gasteiger partial charge in [0, 0.05) is 14.1 Å². The molecule has 0 bridgehead atoms. The zero-order valence-electron chi connectivity index (χ0n) is 12.0. The first-order valence-corrected chi connectivity index (χ1v) is 7.33. The highest BCUT2D eigenvalue weighted by Gasteiger charge is 2.27. The van der Waals surface area contributed by atoms with Gasteiger partial charge in [0.05, 0.1) is 11.4 Å². The lowest BCUT2D eigenvalue weighted by Crippen LogP contribution is -2.45. The van der Waals surface area contributed by atoms with E-state index in [0.29, 0.717) is 5.69 Å². The summed E-state index contributed by atoms with van der Waals surface area (Å²) >= 11 is 0. The Morgan fingerprint density at radius 2 is 1.85 bits per heavy atom. The van der Waals surface area contributed by atoms with Crippen LogP contribution in [0.3, 0.4) is 0 Å². The van der Waals surface area contributed by atoms with Crippen molar-refractivity contribution in [2.24, 2.45) is 5.73 Å². The highest BCUT2D eigenvalue weighted by molar-refractivity contribution is 7.89. The third kappa shape index (κ3) is 3.02. The smallest absolute Gasteiger partial charge is 0.244 e. The van der Waals surface area contributed by atoms with Gasteiger partial charge < -0.3 is 16.8 Å². The summed E-state index contributed by atoms with van der Waals surface area (Å²) in [4.78, 5) is 11.3. The largest absolute Gasteiger partial charge is 0.396 e. The molecule has 7 nitrogen and oxygen atoms in total. The van der Waals surface area contributed by atoms with E-state index in [0.717, 1.165) is 4.31 Å². The van der Waals surface area contributed by atoms with Crippen molar-refractivity contribution >= 4 is 27.3 Å². The van der Waals surface area contributed by atoms with Gasteiger partial charge in [-0.15, -0.1) is 0 Å². The third-order valence-electron chi connectivity index (χ3n) is 2.89. The fraction of sp³-hybridized carbons (Fsp3) is 0.417. The van der Waals surface area contributed by atoms with Gasteiger partial charge in [-0.2, -0.15) is 0 Å². The normalized spacial score (nSPS) is 12.4. The molecule has 1 aromatic rings. The summed E-state index contributed by atoms with van der Waals surface area (Å²) in [5, 5.41) is 2.85. The molecule has 0 aliphatic heterocycles. The summed E-state index contributed by atoms with van der Waals surface area (Å²) in [6.45, 7) is 3.17. The molecule has 0 unspecified atom stereocenters. The molecule has 0 aliphatic carbocycles. The first-order valence-electron chi connectivity index (χ1n) is 5.89. The number of nitrogen functional groups attached to an aromatic ring is 1. The average molecular weight is 300 g/mol. The molecule has 20 heavy (non-hydrogen) atoms. The number of nitrogens with zero attached hydrogens (tertiary/aromatic N) is 1. The van der Waals surface area contributed by atoms with E-state index in [2.05, 4.69) is 5.32 Å². The van der Waals surface area contributed by atoms with Crippen molar-refractivity contribution in [2.75, 3.05) is 25.1 Å². The van der Waals surface area contributed by atoms with Gasteiger partial charge in [-0.25, -0.2) is 12.7 Å². The number of sulfonamides is 1. The molecule has 0 saturated heterocycles. The van der Waals surface area contributed by atoms with E-state index in [-0.39, 0.29) is 10.6 Å². The Labute approximate surface area is 119 Å². The topological polar surface area (TPSA) is 119 Å². The van der Waals surface area contributed by atoms with Gasteiger partial charge in [-0.1, -0.05) is 6.07 Å². The summed E-state index contributed by atoms with van der Waals surface area (Å²) in [6.07, 6.45) is 0. The van der Waals surface area contributed by atoms with Crippen molar-refractivity contribution in [2.45, 2.75) is 24.3 Å². The number of hydrogen-bond donors (Lipinski definition) is 3. The van der Waals surface area contributed by atoms with Crippen LogP contribution < -0.4 is 16.8 Å². The summed E-state index contributed by atoms with van der Waals surface area (Å²) in [6, 6.07) is 4.55. The lowest BCUT2D eigenvalue weighted by atomic mass is 10.0. The number of benzene rings is 1. The molecule has 0 saturated carbocycles. The van der Waals surface area contributed by atoms with Crippen LogP contribution in [0, 0.1) is 0 Å². The van der Waals surface area contributed by atoms with Crippen LogP contribution >= 0.6 is 0 Å². The van der Waals surface area contributed by atoms with E-state index in [1.54, 1.807) is 26.0 Å². The molecule has 1 rings (SSSR count). The van der Waals surface area contributed by atoms with Gasteiger partial charge in [0.1, 0.15) is 10.4 Å². The number of nitrogens with two attached hydrogens (primary N) is 2. The molecule has 0 spiro atoms. The highest BCUT2D eigenvalue weighted by Crippen LogP contribution is 2.30. The Morgan fingerprint density at radius 3 is 2.30 bits per heavy atom. The maximum absolute atomic E-state index is 12.1. The number of carbonyl (C=O) groups is 1. The molecule has 0 radical (unpaired) electrons. The number of para-hydroxylation sites is 1. The Bertz CT molecular complexity index is 624. The van der Waals surface area contributed by atoms with Crippen LogP contribution in [0.25, 0.3) is 0 Å². The second-order valence-electron chi connectivity index (χ2n) is 5.12. The van der Waals surface area contributed by atoms with E-state index in [4.69, 9.17) is 11.5 Å². The van der Waals surface area contributed by atoms with Gasteiger partial charge >= 0.3 is 0 Å². The lowest BCUT2D eigenvalue weighted by molar-refractivity contribution is -0.121. The Morgan fingerprint density at radius 1 is 1.30 bits per heavy atom. The molecule has 0 heterocycles. The van der Waals surface area contributed by atoms with Crippen molar-refractivity contribution in [3.63, 3.8) is 0 Å². The fourth-order valence-corrected chi connectivity index (χ4v) is 2.50. The molecule has 8 heteroatoms. The van der Waals surface area contributed by atoms with E-state index in [1.165, 1.54) is 20.2 Å². The number of amides is 1. The second-order valence-corrected chi connectivity index (χ2v) is 7.24. The van der Waals surface area contributed by atoms with Gasteiger partial charge in [-0.05, 0) is 26.0 Å². The van der Waals surface area contributed by atoms with Crippen molar-refractivity contribution in [1.82, 2.24) is 4.31 Å². The predicted molar refractivity (Wildman–Crippen MR) is 78.6 cm³/mol. The molecule has 5 N–H and O–H groups in total. The highest BCUT2D eigenvalue weighted by atomic mass is 32.2. The lowest BCUT2D eigenvalue weighted by Gasteiger charge is -2.25. The molecule has 0 aliphatic rings. The number of carbonyl (C=O) groups excluding carboxylic acids is 1. The minimum atomic E-state index is -3.65. The Hall–Kier alpha value is -1.80. The first kappa shape index (κ1) is 16.3. The van der Waals surface area contributed by atoms with E-state index in [9.17, 15) is 13.2 Å². The maximum atomic E-state index is 12.1. The van der Waals surface area contributed by atoms with Crippen LogP contribution in [0.5, 0.6) is 0 Å². The summed E-state index contributed by atoms with van der Waals surface area (Å²) in [5.74, 6) is -0.572. The van der Waals surface area contributed by atoms with Crippen LogP contribution in [-0.2, 0) is 14.8 Å². The second kappa shape index (κ2) is 5.29. The zero-order valence-corrected chi connectivity index (χ0v) is 12.8. The van der Waals surface area contributed by atoms with E-state index in [1.807, 2.05) is 0 Å². The number of nitrogens with one attached hydrogen (secondary N) is 1. The molecule has 0 aromatic heterocycles. The van der Waals surface area contributed by atoms with Gasteiger partial charge in [0.2, 0.25) is 15.9 Å².